The summed E-state index contributed by atoms with van der Waals surface area (Å²) in [6.45, 7) is 2.33. The number of nitrogens with zero attached hydrogens (tertiary/aromatic N) is 2. The van der Waals surface area contributed by atoms with Gasteiger partial charge in [-0.2, -0.15) is 0 Å². The highest BCUT2D eigenvalue weighted by atomic mass is 19.1. The van der Waals surface area contributed by atoms with E-state index in [0.717, 1.165) is 17.7 Å². The number of ether oxygens (including phenoxy) is 1. The lowest BCUT2D eigenvalue weighted by Crippen LogP contribution is -2.41. The molecule has 172 valence electrons. The number of morpholine rings is 1. The average molecular weight is 455 g/mol. The fourth-order valence-corrected chi connectivity index (χ4v) is 3.52. The molecule has 0 bridgehead atoms. The standard InChI is InChI=1S/C24H23F2N3O4/c25-18-2-1-3-19(26)24(18)20-15-27-22(33-20)9-8-21(30)28-17-6-4-16(5-7-17)14-23(31)29-10-12-32-13-11-29/h1-7,15H,8-14H2,(H,28,30). The number of anilines is 1. The van der Waals surface area contributed by atoms with Gasteiger partial charge in [0, 0.05) is 31.6 Å². The summed E-state index contributed by atoms with van der Waals surface area (Å²) in [5.74, 6) is -1.52. The smallest absolute Gasteiger partial charge is 0.227 e. The van der Waals surface area contributed by atoms with Crippen molar-refractivity contribution in [1.29, 1.82) is 0 Å². The van der Waals surface area contributed by atoms with Crippen molar-refractivity contribution < 1.29 is 27.5 Å². The van der Waals surface area contributed by atoms with Gasteiger partial charge in [-0.25, -0.2) is 13.8 Å². The minimum absolute atomic E-state index is 0.0248. The van der Waals surface area contributed by atoms with Crippen LogP contribution < -0.4 is 5.32 Å². The van der Waals surface area contributed by atoms with E-state index in [9.17, 15) is 18.4 Å². The molecule has 2 aromatic carbocycles. The summed E-state index contributed by atoms with van der Waals surface area (Å²) in [5, 5.41) is 2.77. The average Bonchev–Trinajstić information content (AvgIpc) is 3.28. The molecular formula is C24H23F2N3O4. The van der Waals surface area contributed by atoms with Gasteiger partial charge in [-0.05, 0) is 29.8 Å². The van der Waals surface area contributed by atoms with Crippen LogP contribution in [-0.2, 0) is 27.2 Å². The second-order valence-electron chi connectivity index (χ2n) is 7.63. The van der Waals surface area contributed by atoms with Crippen molar-refractivity contribution in [1.82, 2.24) is 9.88 Å². The van der Waals surface area contributed by atoms with Crippen LogP contribution in [0.15, 0.2) is 53.1 Å². The van der Waals surface area contributed by atoms with Crippen LogP contribution >= 0.6 is 0 Å². The van der Waals surface area contributed by atoms with E-state index in [4.69, 9.17) is 9.15 Å². The number of rotatable bonds is 7. The first kappa shape index (κ1) is 22.6. The molecule has 4 rings (SSSR count). The van der Waals surface area contributed by atoms with Crippen LogP contribution in [0, 0.1) is 11.6 Å². The van der Waals surface area contributed by atoms with Gasteiger partial charge in [0.15, 0.2) is 11.7 Å². The van der Waals surface area contributed by atoms with Gasteiger partial charge in [0.25, 0.3) is 0 Å². The zero-order valence-electron chi connectivity index (χ0n) is 17.9. The Bertz CT molecular complexity index is 1100. The molecular weight excluding hydrogens is 432 g/mol. The Labute approximate surface area is 189 Å². The van der Waals surface area contributed by atoms with Gasteiger partial charge in [0.2, 0.25) is 11.8 Å². The van der Waals surface area contributed by atoms with Crippen molar-refractivity contribution in [2.75, 3.05) is 31.6 Å². The van der Waals surface area contributed by atoms with Gasteiger partial charge in [0.05, 0.1) is 31.4 Å². The van der Waals surface area contributed by atoms with Gasteiger partial charge in [-0.3, -0.25) is 9.59 Å². The van der Waals surface area contributed by atoms with Gasteiger partial charge < -0.3 is 19.4 Å². The first-order valence-corrected chi connectivity index (χ1v) is 10.6. The summed E-state index contributed by atoms with van der Waals surface area (Å²) in [4.78, 5) is 30.4. The number of hydrogen-bond acceptors (Lipinski definition) is 5. The van der Waals surface area contributed by atoms with Crippen LogP contribution in [-0.4, -0.2) is 48.0 Å². The van der Waals surface area contributed by atoms with Crippen molar-refractivity contribution in [2.24, 2.45) is 0 Å². The number of carbonyl (C=O) groups is 2. The Morgan fingerprint density at radius 2 is 1.73 bits per heavy atom. The van der Waals surface area contributed by atoms with E-state index in [2.05, 4.69) is 10.3 Å². The molecule has 3 aromatic rings. The number of aryl methyl sites for hydroxylation is 1. The summed E-state index contributed by atoms with van der Waals surface area (Å²) in [7, 11) is 0. The third-order valence-electron chi connectivity index (χ3n) is 5.29. The van der Waals surface area contributed by atoms with E-state index in [-0.39, 0.29) is 41.9 Å². The molecule has 1 aromatic heterocycles. The fraction of sp³-hybridized carbons (Fsp3) is 0.292. The number of hydrogen-bond donors (Lipinski definition) is 1. The number of aromatic nitrogens is 1. The minimum Gasteiger partial charge on any atom is -0.441 e. The van der Waals surface area contributed by atoms with Gasteiger partial charge in [-0.15, -0.1) is 0 Å². The van der Waals surface area contributed by atoms with Crippen LogP contribution in [0.1, 0.15) is 17.9 Å². The lowest BCUT2D eigenvalue weighted by atomic mass is 10.1. The van der Waals surface area contributed by atoms with Crippen molar-refractivity contribution >= 4 is 17.5 Å². The molecule has 1 fully saturated rings. The van der Waals surface area contributed by atoms with E-state index in [1.165, 1.54) is 12.3 Å². The predicted molar refractivity (Wildman–Crippen MR) is 116 cm³/mol. The monoisotopic (exact) mass is 455 g/mol. The van der Waals surface area contributed by atoms with Gasteiger partial charge in [-0.1, -0.05) is 18.2 Å². The van der Waals surface area contributed by atoms with E-state index < -0.39 is 11.6 Å². The summed E-state index contributed by atoms with van der Waals surface area (Å²) in [5.41, 5.74) is 1.18. The van der Waals surface area contributed by atoms with Crippen molar-refractivity contribution in [3.63, 3.8) is 0 Å². The second kappa shape index (κ2) is 10.4. The summed E-state index contributed by atoms with van der Waals surface area (Å²) >= 11 is 0. The zero-order chi connectivity index (χ0) is 23.2. The molecule has 7 nitrogen and oxygen atoms in total. The molecule has 2 amide bonds. The Morgan fingerprint density at radius 3 is 2.42 bits per heavy atom. The molecule has 0 unspecified atom stereocenters. The molecule has 1 N–H and O–H groups in total. The first-order chi connectivity index (χ1) is 16.0. The quantitative estimate of drug-likeness (QED) is 0.589. The normalized spacial score (nSPS) is 13.7. The van der Waals surface area contributed by atoms with Crippen LogP contribution in [0.4, 0.5) is 14.5 Å². The van der Waals surface area contributed by atoms with Crippen molar-refractivity contribution in [3.8, 4) is 11.3 Å². The fourth-order valence-electron chi connectivity index (χ4n) is 3.52. The van der Waals surface area contributed by atoms with E-state index in [1.54, 1.807) is 29.2 Å². The predicted octanol–water partition coefficient (Wildman–Crippen LogP) is 3.59. The largest absolute Gasteiger partial charge is 0.441 e. The van der Waals surface area contributed by atoms with E-state index in [1.807, 2.05) is 0 Å². The molecule has 1 saturated heterocycles. The maximum absolute atomic E-state index is 13.9. The molecule has 0 atom stereocenters. The zero-order valence-corrected chi connectivity index (χ0v) is 17.9. The number of halogens is 2. The maximum atomic E-state index is 13.9. The van der Waals surface area contributed by atoms with Crippen molar-refractivity contribution in [3.05, 3.63) is 71.8 Å². The summed E-state index contributed by atoms with van der Waals surface area (Å²) < 4.78 is 38.4. The molecule has 0 aliphatic carbocycles. The highest BCUT2D eigenvalue weighted by Crippen LogP contribution is 2.26. The lowest BCUT2D eigenvalue weighted by molar-refractivity contribution is -0.134. The van der Waals surface area contributed by atoms with Crippen LogP contribution in [0.25, 0.3) is 11.3 Å². The minimum atomic E-state index is -0.745. The number of benzene rings is 2. The molecule has 33 heavy (non-hydrogen) atoms. The highest BCUT2D eigenvalue weighted by Gasteiger charge is 2.18. The molecule has 0 saturated carbocycles. The number of amides is 2. The van der Waals surface area contributed by atoms with Gasteiger partial charge >= 0.3 is 0 Å². The van der Waals surface area contributed by atoms with E-state index in [0.29, 0.717) is 38.4 Å². The first-order valence-electron chi connectivity index (χ1n) is 10.6. The Balaban J connectivity index is 1.27. The Morgan fingerprint density at radius 1 is 1.03 bits per heavy atom. The molecule has 0 spiro atoms. The highest BCUT2D eigenvalue weighted by molar-refractivity contribution is 5.90. The Hall–Kier alpha value is -3.59. The topological polar surface area (TPSA) is 84.7 Å². The number of oxazole rings is 1. The summed E-state index contributed by atoms with van der Waals surface area (Å²) in [6.07, 6.45) is 1.79. The van der Waals surface area contributed by atoms with E-state index >= 15 is 0 Å². The number of carbonyl (C=O) groups excluding carboxylic acids is 2. The molecule has 1 aliphatic heterocycles. The summed E-state index contributed by atoms with van der Waals surface area (Å²) in [6, 6.07) is 10.6. The lowest BCUT2D eigenvalue weighted by Gasteiger charge is -2.26. The maximum Gasteiger partial charge on any atom is 0.227 e. The molecule has 0 radical (unpaired) electrons. The number of nitrogens with one attached hydrogen (secondary N) is 1. The molecule has 1 aliphatic rings. The molecule has 9 heteroatoms. The van der Waals surface area contributed by atoms with Crippen LogP contribution in [0.5, 0.6) is 0 Å². The molecule has 2 heterocycles. The second-order valence-corrected chi connectivity index (χ2v) is 7.63. The van der Waals surface area contributed by atoms with Crippen molar-refractivity contribution in [2.45, 2.75) is 19.3 Å². The van der Waals surface area contributed by atoms with Gasteiger partial charge in [0.1, 0.15) is 11.6 Å². The Kier molecular flexibility index (Phi) is 7.09. The third kappa shape index (κ3) is 5.81. The van der Waals surface area contributed by atoms with Crippen LogP contribution in [0.2, 0.25) is 0 Å². The SMILES string of the molecule is O=C(CCc1ncc(-c2c(F)cccc2F)o1)Nc1ccc(CC(=O)N2CCOCC2)cc1. The van der Waals surface area contributed by atoms with Crippen LogP contribution in [0.3, 0.4) is 0 Å². The third-order valence-corrected chi connectivity index (χ3v) is 5.29.